The molecule has 0 unspecified atom stereocenters. The molecule has 2 heterocycles. The highest BCUT2D eigenvalue weighted by Crippen LogP contribution is 2.27. The summed E-state index contributed by atoms with van der Waals surface area (Å²) in [5, 5.41) is -0.448. The highest BCUT2D eigenvalue weighted by atomic mass is 32.2. The van der Waals surface area contributed by atoms with Crippen molar-refractivity contribution in [2.45, 2.75) is 38.4 Å². The van der Waals surface area contributed by atoms with Crippen molar-refractivity contribution >= 4 is 21.1 Å². The SMILES string of the molecule is CC(C)S(=O)(=O)NCC(C)(C)c1ccc2nc(-c3ccncc3)[nH]c2c1. The highest BCUT2D eigenvalue weighted by Gasteiger charge is 2.25. The second kappa shape index (κ2) is 6.81. The van der Waals surface area contributed by atoms with E-state index < -0.39 is 15.3 Å². The predicted octanol–water partition coefficient (Wildman–Crippen LogP) is 3.23. The number of benzene rings is 1. The molecule has 2 aromatic heterocycles. The van der Waals surface area contributed by atoms with Gasteiger partial charge in [0, 0.05) is 29.9 Å². The zero-order valence-electron chi connectivity index (χ0n) is 15.4. The van der Waals surface area contributed by atoms with Gasteiger partial charge in [-0.3, -0.25) is 4.98 Å². The van der Waals surface area contributed by atoms with Gasteiger partial charge in [-0.05, 0) is 43.7 Å². The minimum Gasteiger partial charge on any atom is -0.338 e. The molecule has 1 aromatic carbocycles. The standard InChI is InChI=1S/C19H24N4O2S/c1-13(2)26(24,25)21-12-19(3,4)15-5-6-16-17(11-15)23-18(22-16)14-7-9-20-10-8-14/h5-11,13,21H,12H2,1-4H3,(H,22,23). The third-order valence-electron chi connectivity index (χ3n) is 4.55. The number of nitrogens with zero attached hydrogens (tertiary/aromatic N) is 2. The Balaban J connectivity index is 1.88. The molecule has 0 bridgehead atoms. The van der Waals surface area contributed by atoms with E-state index in [9.17, 15) is 8.42 Å². The molecule has 138 valence electrons. The molecule has 0 saturated carbocycles. The van der Waals surface area contributed by atoms with Crippen LogP contribution in [-0.4, -0.2) is 35.2 Å². The van der Waals surface area contributed by atoms with Gasteiger partial charge in [0.1, 0.15) is 5.82 Å². The molecule has 0 fully saturated rings. The van der Waals surface area contributed by atoms with Gasteiger partial charge in [-0.25, -0.2) is 18.1 Å². The van der Waals surface area contributed by atoms with Gasteiger partial charge in [0.2, 0.25) is 10.0 Å². The summed E-state index contributed by atoms with van der Waals surface area (Å²) in [6.07, 6.45) is 3.47. The Morgan fingerprint density at radius 2 is 1.85 bits per heavy atom. The van der Waals surface area contributed by atoms with Crippen molar-refractivity contribution in [1.29, 1.82) is 0 Å². The topological polar surface area (TPSA) is 87.7 Å². The molecule has 0 aliphatic heterocycles. The van der Waals surface area contributed by atoms with E-state index in [4.69, 9.17) is 0 Å². The lowest BCUT2D eigenvalue weighted by atomic mass is 9.85. The average molecular weight is 372 g/mol. The lowest BCUT2D eigenvalue weighted by Gasteiger charge is -2.26. The molecular weight excluding hydrogens is 348 g/mol. The van der Waals surface area contributed by atoms with Crippen molar-refractivity contribution in [1.82, 2.24) is 19.7 Å². The summed E-state index contributed by atoms with van der Waals surface area (Å²) < 4.78 is 26.8. The molecule has 6 nitrogen and oxygen atoms in total. The zero-order chi connectivity index (χ0) is 18.9. The molecule has 7 heteroatoms. The first-order valence-corrected chi connectivity index (χ1v) is 10.1. The Kier molecular flexibility index (Phi) is 4.86. The number of fused-ring (bicyclic) bond motifs is 1. The van der Waals surface area contributed by atoms with E-state index in [1.165, 1.54) is 0 Å². The Morgan fingerprint density at radius 1 is 1.15 bits per heavy atom. The van der Waals surface area contributed by atoms with Crippen LogP contribution in [0.25, 0.3) is 22.4 Å². The van der Waals surface area contributed by atoms with Gasteiger partial charge in [0.25, 0.3) is 0 Å². The molecule has 0 spiro atoms. The van der Waals surface area contributed by atoms with Crippen LogP contribution in [0, 0.1) is 0 Å². The van der Waals surface area contributed by atoms with Crippen LogP contribution >= 0.6 is 0 Å². The van der Waals surface area contributed by atoms with Crippen LogP contribution in [0.15, 0.2) is 42.7 Å². The summed E-state index contributed by atoms with van der Waals surface area (Å²) in [5.41, 5.74) is 3.47. The summed E-state index contributed by atoms with van der Waals surface area (Å²) in [4.78, 5) is 12.0. The number of aromatic amines is 1. The molecule has 3 aromatic rings. The number of imidazole rings is 1. The van der Waals surface area contributed by atoms with Gasteiger partial charge >= 0.3 is 0 Å². The fourth-order valence-corrected chi connectivity index (χ4v) is 3.52. The van der Waals surface area contributed by atoms with Crippen LogP contribution in [0.5, 0.6) is 0 Å². The maximum Gasteiger partial charge on any atom is 0.213 e. The number of rotatable bonds is 6. The fourth-order valence-electron chi connectivity index (χ4n) is 2.63. The van der Waals surface area contributed by atoms with E-state index in [0.717, 1.165) is 28.0 Å². The lowest BCUT2D eigenvalue weighted by molar-refractivity contribution is 0.499. The molecule has 0 saturated heterocycles. The minimum absolute atomic E-state index is 0.338. The van der Waals surface area contributed by atoms with Gasteiger partial charge in [0.05, 0.1) is 16.3 Å². The van der Waals surface area contributed by atoms with E-state index in [-0.39, 0.29) is 5.41 Å². The van der Waals surface area contributed by atoms with E-state index in [0.29, 0.717) is 6.54 Å². The van der Waals surface area contributed by atoms with E-state index >= 15 is 0 Å². The molecule has 0 radical (unpaired) electrons. The predicted molar refractivity (Wildman–Crippen MR) is 104 cm³/mol. The van der Waals surface area contributed by atoms with Crippen molar-refractivity contribution in [3.63, 3.8) is 0 Å². The van der Waals surface area contributed by atoms with Crippen molar-refractivity contribution < 1.29 is 8.42 Å². The fraction of sp³-hybridized carbons (Fsp3) is 0.368. The van der Waals surface area contributed by atoms with Gasteiger partial charge in [-0.2, -0.15) is 0 Å². The van der Waals surface area contributed by atoms with Crippen molar-refractivity contribution in [3.8, 4) is 11.4 Å². The first-order chi connectivity index (χ1) is 12.2. The number of hydrogen-bond acceptors (Lipinski definition) is 4. The first-order valence-electron chi connectivity index (χ1n) is 8.58. The number of H-pyrrole nitrogens is 1. The summed E-state index contributed by atoms with van der Waals surface area (Å²) >= 11 is 0. The molecule has 0 aliphatic rings. The summed E-state index contributed by atoms with van der Waals surface area (Å²) in [6.45, 7) is 7.73. The minimum atomic E-state index is -3.29. The van der Waals surface area contributed by atoms with Crippen molar-refractivity contribution in [2.24, 2.45) is 0 Å². The first kappa shape index (κ1) is 18.5. The molecule has 2 N–H and O–H groups in total. The van der Waals surface area contributed by atoms with E-state index in [1.54, 1.807) is 26.2 Å². The Labute approximate surface area is 154 Å². The zero-order valence-corrected chi connectivity index (χ0v) is 16.3. The molecular formula is C19H24N4O2S. The summed E-state index contributed by atoms with van der Waals surface area (Å²) in [7, 11) is -3.29. The Morgan fingerprint density at radius 3 is 2.50 bits per heavy atom. The molecule has 0 atom stereocenters. The van der Waals surface area contributed by atoms with Crippen molar-refractivity contribution in [2.75, 3.05) is 6.54 Å². The largest absolute Gasteiger partial charge is 0.338 e. The highest BCUT2D eigenvalue weighted by molar-refractivity contribution is 7.90. The second-order valence-corrected chi connectivity index (χ2v) is 9.67. The van der Waals surface area contributed by atoms with Crippen molar-refractivity contribution in [3.05, 3.63) is 48.3 Å². The molecule has 3 rings (SSSR count). The van der Waals surface area contributed by atoms with Crippen LogP contribution in [0.4, 0.5) is 0 Å². The molecule has 0 aliphatic carbocycles. The van der Waals surface area contributed by atoms with Crippen LogP contribution in [0.3, 0.4) is 0 Å². The maximum absolute atomic E-state index is 12.0. The molecule has 26 heavy (non-hydrogen) atoms. The normalized spacial score (nSPS) is 12.8. The van der Waals surface area contributed by atoms with Gasteiger partial charge in [-0.1, -0.05) is 19.9 Å². The summed E-state index contributed by atoms with van der Waals surface area (Å²) in [5.74, 6) is 0.790. The second-order valence-electron chi connectivity index (χ2n) is 7.35. The van der Waals surface area contributed by atoms with Crippen LogP contribution < -0.4 is 4.72 Å². The third-order valence-corrected chi connectivity index (χ3v) is 6.34. The van der Waals surface area contributed by atoms with E-state index in [1.807, 2.05) is 44.2 Å². The smallest absolute Gasteiger partial charge is 0.213 e. The quantitative estimate of drug-likeness (QED) is 0.695. The number of hydrogen-bond donors (Lipinski definition) is 2. The maximum atomic E-state index is 12.0. The average Bonchev–Trinajstić information content (AvgIpc) is 3.04. The van der Waals surface area contributed by atoms with E-state index in [2.05, 4.69) is 19.7 Å². The number of aromatic nitrogens is 3. The number of sulfonamides is 1. The van der Waals surface area contributed by atoms with Crippen LogP contribution in [0.1, 0.15) is 33.3 Å². The van der Waals surface area contributed by atoms with Gasteiger partial charge in [0.15, 0.2) is 0 Å². The van der Waals surface area contributed by atoms with Gasteiger partial charge in [-0.15, -0.1) is 0 Å². The monoisotopic (exact) mass is 372 g/mol. The van der Waals surface area contributed by atoms with Gasteiger partial charge < -0.3 is 4.98 Å². The molecule has 0 amide bonds. The third kappa shape index (κ3) is 3.78. The lowest BCUT2D eigenvalue weighted by Crippen LogP contribution is -2.39. The van der Waals surface area contributed by atoms with Crippen LogP contribution in [-0.2, 0) is 15.4 Å². The Bertz CT molecular complexity index is 1010. The number of nitrogens with one attached hydrogen (secondary N) is 2. The number of pyridine rings is 1. The summed E-state index contributed by atoms with van der Waals surface area (Å²) in [6, 6.07) is 9.82. The Hall–Kier alpha value is -2.25. The van der Waals surface area contributed by atoms with Crippen LogP contribution in [0.2, 0.25) is 0 Å².